The van der Waals surface area contributed by atoms with E-state index in [1.165, 1.54) is 0 Å². The predicted octanol–water partition coefficient (Wildman–Crippen LogP) is 2.48. The number of benzene rings is 1. The monoisotopic (exact) mass is 371 g/mol. The summed E-state index contributed by atoms with van der Waals surface area (Å²) in [5, 5.41) is 15.1. The molecule has 1 aliphatic heterocycles. The van der Waals surface area contributed by atoms with Gasteiger partial charge in [-0.25, -0.2) is 0 Å². The van der Waals surface area contributed by atoms with Crippen molar-refractivity contribution in [1.29, 1.82) is 0 Å². The Morgan fingerprint density at radius 2 is 2.04 bits per heavy atom. The Balaban J connectivity index is 1.49. The molecule has 1 saturated heterocycles. The molecule has 146 valence electrons. The Labute approximate surface area is 160 Å². The number of hydrogen-bond donors (Lipinski definition) is 1. The second-order valence-corrected chi connectivity index (χ2v) is 7.44. The molecule has 2 heterocycles. The van der Waals surface area contributed by atoms with Gasteiger partial charge in [-0.1, -0.05) is 18.2 Å². The maximum Gasteiger partial charge on any atom is 0.222 e. The molecule has 6 nitrogen and oxygen atoms in total. The Morgan fingerprint density at radius 1 is 1.26 bits per heavy atom. The van der Waals surface area contributed by atoms with Gasteiger partial charge >= 0.3 is 0 Å². The fourth-order valence-electron chi connectivity index (χ4n) is 3.50. The summed E-state index contributed by atoms with van der Waals surface area (Å²) in [6, 6.07) is 9.53. The molecule has 1 unspecified atom stereocenters. The maximum atomic E-state index is 12.6. The maximum absolute atomic E-state index is 12.6. The summed E-state index contributed by atoms with van der Waals surface area (Å²) < 4.78 is 7.59. The van der Waals surface area contributed by atoms with E-state index in [4.69, 9.17) is 4.74 Å². The number of ether oxygens (including phenoxy) is 1. The van der Waals surface area contributed by atoms with Crippen molar-refractivity contribution in [2.24, 2.45) is 7.05 Å². The molecule has 0 aliphatic carbocycles. The second kappa shape index (κ2) is 8.57. The molecule has 3 rings (SSSR count). The topological polar surface area (TPSA) is 67.6 Å². The van der Waals surface area contributed by atoms with Crippen molar-refractivity contribution >= 4 is 5.91 Å². The summed E-state index contributed by atoms with van der Waals surface area (Å²) in [5.74, 6) is 0.904. The highest BCUT2D eigenvalue weighted by atomic mass is 16.5. The minimum absolute atomic E-state index is 0.145. The minimum atomic E-state index is -0.884. The normalized spacial score (nSPS) is 20.3. The first kappa shape index (κ1) is 19.4. The van der Waals surface area contributed by atoms with Crippen molar-refractivity contribution in [2.75, 3.05) is 19.7 Å². The highest BCUT2D eigenvalue weighted by molar-refractivity contribution is 5.76. The molecule has 1 aromatic heterocycles. The number of aliphatic hydroxyl groups is 1. The lowest BCUT2D eigenvalue weighted by Gasteiger charge is -2.27. The number of aryl methyl sites for hydroxylation is 2. The van der Waals surface area contributed by atoms with Gasteiger partial charge in [0.2, 0.25) is 5.91 Å². The lowest BCUT2D eigenvalue weighted by atomic mass is 9.96. The number of amides is 1. The number of likely N-dealkylation sites (tertiary alicyclic amines) is 1. The summed E-state index contributed by atoms with van der Waals surface area (Å²) in [6.07, 6.45) is 4.99. The molecule has 1 aliphatic rings. The van der Waals surface area contributed by atoms with Crippen LogP contribution in [0.1, 0.15) is 36.9 Å². The van der Waals surface area contributed by atoms with Crippen LogP contribution >= 0.6 is 0 Å². The van der Waals surface area contributed by atoms with Crippen molar-refractivity contribution in [2.45, 2.75) is 44.6 Å². The molecule has 0 radical (unpaired) electrons. The van der Waals surface area contributed by atoms with E-state index < -0.39 is 5.60 Å². The van der Waals surface area contributed by atoms with Crippen molar-refractivity contribution in [1.82, 2.24) is 14.7 Å². The summed E-state index contributed by atoms with van der Waals surface area (Å²) >= 11 is 0. The lowest BCUT2D eigenvalue weighted by molar-refractivity contribution is -0.131. The molecule has 6 heteroatoms. The van der Waals surface area contributed by atoms with Gasteiger partial charge in [0, 0.05) is 32.3 Å². The number of carbonyl (C=O) groups is 1. The first-order valence-corrected chi connectivity index (χ1v) is 9.62. The van der Waals surface area contributed by atoms with Gasteiger partial charge in [0.15, 0.2) is 0 Å². The van der Waals surface area contributed by atoms with E-state index in [1.807, 2.05) is 60.1 Å². The van der Waals surface area contributed by atoms with E-state index in [0.717, 1.165) is 23.4 Å². The number of aromatic nitrogens is 2. The summed E-state index contributed by atoms with van der Waals surface area (Å²) in [4.78, 5) is 14.5. The molecule has 1 amide bonds. The van der Waals surface area contributed by atoms with E-state index >= 15 is 0 Å². The first-order chi connectivity index (χ1) is 13.0. The highest BCUT2D eigenvalue weighted by Gasteiger charge is 2.32. The number of hydrogen-bond acceptors (Lipinski definition) is 4. The predicted molar refractivity (Wildman–Crippen MR) is 104 cm³/mol. The van der Waals surface area contributed by atoms with E-state index in [0.29, 0.717) is 38.8 Å². The molecular formula is C21H29N3O3. The van der Waals surface area contributed by atoms with Crippen LogP contribution in [0.2, 0.25) is 0 Å². The number of rotatable bonds is 6. The van der Waals surface area contributed by atoms with Gasteiger partial charge in [-0.3, -0.25) is 9.48 Å². The fourth-order valence-corrected chi connectivity index (χ4v) is 3.50. The van der Waals surface area contributed by atoms with Gasteiger partial charge in [-0.15, -0.1) is 0 Å². The van der Waals surface area contributed by atoms with E-state index in [1.54, 1.807) is 0 Å². The fraction of sp³-hybridized carbons (Fsp3) is 0.524. The zero-order valence-electron chi connectivity index (χ0n) is 16.2. The van der Waals surface area contributed by atoms with E-state index in [-0.39, 0.29) is 12.5 Å². The molecule has 1 atom stereocenters. The standard InChI is InChI=1S/C21H29N3O3/c1-17-18(15-22-23(17)2)9-10-20(25)24-13-6-11-21(26,12-14-24)16-27-19-7-4-3-5-8-19/h3-5,7-8,15,26H,6,9-14,16H2,1-2H3. The lowest BCUT2D eigenvalue weighted by Crippen LogP contribution is -2.38. The molecule has 0 saturated carbocycles. The Hall–Kier alpha value is -2.34. The quantitative estimate of drug-likeness (QED) is 0.847. The van der Waals surface area contributed by atoms with Crippen LogP contribution in [0.15, 0.2) is 36.5 Å². The van der Waals surface area contributed by atoms with Crippen LogP contribution in [0.5, 0.6) is 5.75 Å². The SMILES string of the molecule is Cc1c(CCC(=O)N2CCCC(O)(COc3ccccc3)CC2)cnn1C. The Bertz CT molecular complexity index is 759. The number of nitrogens with zero attached hydrogens (tertiary/aromatic N) is 3. The Kier molecular flexibility index (Phi) is 6.16. The third kappa shape index (κ3) is 5.10. The minimum Gasteiger partial charge on any atom is -0.491 e. The van der Waals surface area contributed by atoms with Crippen LogP contribution in [0.3, 0.4) is 0 Å². The van der Waals surface area contributed by atoms with Gasteiger partial charge in [-0.05, 0) is 50.3 Å². The van der Waals surface area contributed by atoms with Crippen molar-refractivity contribution < 1.29 is 14.6 Å². The number of para-hydroxylation sites is 1. The molecule has 1 N–H and O–H groups in total. The van der Waals surface area contributed by atoms with Crippen LogP contribution in [0.4, 0.5) is 0 Å². The molecule has 1 fully saturated rings. The third-order valence-electron chi connectivity index (χ3n) is 5.47. The largest absolute Gasteiger partial charge is 0.491 e. The van der Waals surface area contributed by atoms with Crippen molar-refractivity contribution in [3.05, 3.63) is 47.8 Å². The average molecular weight is 371 g/mol. The summed E-state index contributed by atoms with van der Waals surface area (Å²) in [6.45, 7) is 3.54. The molecule has 2 aromatic rings. The first-order valence-electron chi connectivity index (χ1n) is 9.62. The van der Waals surface area contributed by atoms with Gasteiger partial charge in [0.25, 0.3) is 0 Å². The number of carbonyl (C=O) groups excluding carboxylic acids is 1. The average Bonchev–Trinajstić information content (AvgIpc) is 2.88. The smallest absolute Gasteiger partial charge is 0.222 e. The van der Waals surface area contributed by atoms with Crippen LogP contribution < -0.4 is 4.74 Å². The van der Waals surface area contributed by atoms with Crippen LogP contribution in [-0.4, -0.2) is 51.0 Å². The molecule has 27 heavy (non-hydrogen) atoms. The highest BCUT2D eigenvalue weighted by Crippen LogP contribution is 2.24. The molecule has 0 spiro atoms. The van der Waals surface area contributed by atoms with E-state index in [9.17, 15) is 9.90 Å². The third-order valence-corrected chi connectivity index (χ3v) is 5.47. The zero-order valence-corrected chi connectivity index (χ0v) is 16.2. The molecule has 0 bridgehead atoms. The van der Waals surface area contributed by atoms with E-state index in [2.05, 4.69) is 5.10 Å². The van der Waals surface area contributed by atoms with Gasteiger partial charge in [-0.2, -0.15) is 5.10 Å². The Morgan fingerprint density at radius 3 is 2.74 bits per heavy atom. The molecular weight excluding hydrogens is 342 g/mol. The van der Waals surface area contributed by atoms with Gasteiger partial charge in [0.1, 0.15) is 18.0 Å². The summed E-state index contributed by atoms with van der Waals surface area (Å²) in [5.41, 5.74) is 1.34. The second-order valence-electron chi connectivity index (χ2n) is 7.44. The van der Waals surface area contributed by atoms with Crippen LogP contribution in [0.25, 0.3) is 0 Å². The van der Waals surface area contributed by atoms with Crippen molar-refractivity contribution in [3.63, 3.8) is 0 Å². The van der Waals surface area contributed by atoms with Gasteiger partial charge < -0.3 is 14.7 Å². The zero-order chi connectivity index (χ0) is 19.3. The summed E-state index contributed by atoms with van der Waals surface area (Å²) in [7, 11) is 1.91. The van der Waals surface area contributed by atoms with Crippen LogP contribution in [0, 0.1) is 6.92 Å². The van der Waals surface area contributed by atoms with Gasteiger partial charge in [0.05, 0.1) is 6.20 Å². The van der Waals surface area contributed by atoms with Crippen molar-refractivity contribution in [3.8, 4) is 5.75 Å². The van der Waals surface area contributed by atoms with Crippen LogP contribution in [-0.2, 0) is 18.3 Å². The molecule has 1 aromatic carbocycles.